The fraction of sp³-hybridized carbons (Fsp3) is 0.571. The molecule has 1 N–H and O–H groups in total. The van der Waals surface area contributed by atoms with E-state index in [2.05, 4.69) is 26.2 Å². The molecule has 1 aromatic heterocycles. The minimum atomic E-state index is 0.116. The van der Waals surface area contributed by atoms with Crippen molar-refractivity contribution in [2.45, 2.75) is 45.4 Å². The van der Waals surface area contributed by atoms with E-state index in [4.69, 9.17) is 0 Å². The zero-order chi connectivity index (χ0) is 13.0. The first-order chi connectivity index (χ1) is 8.65. The van der Waals surface area contributed by atoms with Gasteiger partial charge in [-0.05, 0) is 53.2 Å². The molecule has 98 valence electrons. The fourth-order valence-corrected chi connectivity index (χ4v) is 2.71. The molecule has 0 aliphatic heterocycles. The Kier molecular flexibility index (Phi) is 4.75. The first-order valence-corrected chi connectivity index (χ1v) is 7.36. The van der Waals surface area contributed by atoms with Crippen LogP contribution in [0.4, 0.5) is 5.69 Å². The van der Waals surface area contributed by atoms with E-state index >= 15 is 0 Å². The van der Waals surface area contributed by atoms with E-state index in [1.165, 1.54) is 32.1 Å². The number of carbonyl (C=O) groups excluding carboxylic acids is 1. The molecule has 0 saturated heterocycles. The van der Waals surface area contributed by atoms with E-state index in [0.717, 1.165) is 15.9 Å². The van der Waals surface area contributed by atoms with Gasteiger partial charge in [0.05, 0.1) is 11.9 Å². The Labute approximate surface area is 117 Å². The summed E-state index contributed by atoms with van der Waals surface area (Å²) >= 11 is 3.35. The molecule has 0 atom stereocenters. The Balaban J connectivity index is 1.88. The Hall–Kier alpha value is -0.900. The molecular formula is C14H19BrN2O. The van der Waals surface area contributed by atoms with Crippen LogP contribution < -0.4 is 5.32 Å². The lowest BCUT2D eigenvalue weighted by atomic mass is 9.87. The molecule has 1 aromatic rings. The number of aromatic nitrogens is 1. The molecule has 1 saturated carbocycles. The van der Waals surface area contributed by atoms with Gasteiger partial charge in [-0.15, -0.1) is 0 Å². The lowest BCUT2D eigenvalue weighted by molar-refractivity contribution is -0.117. The number of carbonyl (C=O) groups is 1. The molecule has 2 rings (SSSR count). The Bertz CT molecular complexity index is 428. The average Bonchev–Trinajstić information content (AvgIpc) is 2.35. The molecule has 0 radical (unpaired) electrons. The van der Waals surface area contributed by atoms with Gasteiger partial charge in [-0.1, -0.05) is 19.3 Å². The van der Waals surface area contributed by atoms with Gasteiger partial charge in [-0.25, -0.2) is 4.98 Å². The van der Waals surface area contributed by atoms with Gasteiger partial charge in [0.15, 0.2) is 0 Å². The molecule has 0 unspecified atom stereocenters. The number of hydrogen-bond acceptors (Lipinski definition) is 2. The number of nitrogens with one attached hydrogen (secondary N) is 1. The van der Waals surface area contributed by atoms with E-state index in [1.54, 1.807) is 6.20 Å². The van der Waals surface area contributed by atoms with Gasteiger partial charge in [0, 0.05) is 6.42 Å². The highest BCUT2D eigenvalue weighted by Crippen LogP contribution is 2.26. The zero-order valence-electron chi connectivity index (χ0n) is 10.7. The largest absolute Gasteiger partial charge is 0.325 e. The van der Waals surface area contributed by atoms with Crippen molar-refractivity contribution in [3.05, 3.63) is 22.4 Å². The quantitative estimate of drug-likeness (QED) is 0.855. The molecular weight excluding hydrogens is 292 g/mol. The number of hydrogen-bond donors (Lipinski definition) is 1. The summed E-state index contributed by atoms with van der Waals surface area (Å²) in [5, 5.41) is 2.93. The van der Waals surface area contributed by atoms with Crippen molar-refractivity contribution < 1.29 is 4.79 Å². The number of pyridine rings is 1. The van der Waals surface area contributed by atoms with E-state index < -0.39 is 0 Å². The van der Waals surface area contributed by atoms with Gasteiger partial charge >= 0.3 is 0 Å². The smallest absolute Gasteiger partial charge is 0.224 e. The lowest BCUT2D eigenvalue weighted by Crippen LogP contribution is -2.18. The third kappa shape index (κ3) is 3.80. The molecule has 18 heavy (non-hydrogen) atoms. The highest BCUT2D eigenvalue weighted by molar-refractivity contribution is 9.10. The molecule has 3 nitrogen and oxygen atoms in total. The van der Waals surface area contributed by atoms with Crippen LogP contribution in [0.2, 0.25) is 0 Å². The summed E-state index contributed by atoms with van der Waals surface area (Å²) in [6.07, 6.45) is 8.61. The minimum Gasteiger partial charge on any atom is -0.325 e. The second-order valence-corrected chi connectivity index (χ2v) is 5.84. The maximum absolute atomic E-state index is 11.9. The standard InChI is InChI=1S/C14H19BrN2O/c1-10-7-12(9-16-14(10)15)17-13(18)8-11-5-3-2-4-6-11/h7,9,11H,2-6,8H2,1H3,(H,17,18). The maximum Gasteiger partial charge on any atom is 0.224 e. The minimum absolute atomic E-state index is 0.116. The number of aryl methyl sites for hydroxylation is 1. The summed E-state index contributed by atoms with van der Waals surface area (Å²) < 4.78 is 0.827. The fourth-order valence-electron chi connectivity index (χ4n) is 2.49. The first-order valence-electron chi connectivity index (χ1n) is 6.57. The Morgan fingerprint density at radius 1 is 1.44 bits per heavy atom. The third-order valence-corrected chi connectivity index (χ3v) is 4.33. The zero-order valence-corrected chi connectivity index (χ0v) is 12.3. The van der Waals surface area contributed by atoms with Crippen molar-refractivity contribution in [1.29, 1.82) is 0 Å². The molecule has 1 aliphatic rings. The van der Waals surface area contributed by atoms with Gasteiger partial charge in [0.2, 0.25) is 5.91 Å². The number of rotatable bonds is 3. The Morgan fingerprint density at radius 3 is 2.83 bits per heavy atom. The molecule has 1 amide bonds. The topological polar surface area (TPSA) is 42.0 Å². The highest BCUT2D eigenvalue weighted by Gasteiger charge is 2.17. The SMILES string of the molecule is Cc1cc(NC(=O)CC2CCCCC2)cnc1Br. The molecule has 0 spiro atoms. The van der Waals surface area contributed by atoms with Crippen LogP contribution in [0, 0.1) is 12.8 Å². The predicted molar refractivity (Wildman–Crippen MR) is 76.5 cm³/mol. The van der Waals surface area contributed by atoms with E-state index in [9.17, 15) is 4.79 Å². The second kappa shape index (κ2) is 6.32. The second-order valence-electron chi connectivity index (χ2n) is 5.09. The van der Waals surface area contributed by atoms with Crippen molar-refractivity contribution in [3.63, 3.8) is 0 Å². The van der Waals surface area contributed by atoms with Crippen LogP contribution in [0.25, 0.3) is 0 Å². The third-order valence-electron chi connectivity index (χ3n) is 3.50. The normalized spacial score (nSPS) is 16.6. The lowest BCUT2D eigenvalue weighted by Gasteiger charge is -2.20. The van der Waals surface area contributed by atoms with Crippen molar-refractivity contribution in [2.24, 2.45) is 5.92 Å². The van der Waals surface area contributed by atoms with Crippen molar-refractivity contribution in [1.82, 2.24) is 4.98 Å². The van der Waals surface area contributed by atoms with Crippen LogP contribution in [0.15, 0.2) is 16.9 Å². The van der Waals surface area contributed by atoms with Crippen molar-refractivity contribution in [3.8, 4) is 0 Å². The average molecular weight is 311 g/mol. The summed E-state index contributed by atoms with van der Waals surface area (Å²) in [6, 6.07) is 1.94. The maximum atomic E-state index is 11.9. The van der Waals surface area contributed by atoms with Gasteiger partial charge in [-0.3, -0.25) is 4.79 Å². The van der Waals surface area contributed by atoms with Crippen molar-refractivity contribution in [2.75, 3.05) is 5.32 Å². The molecule has 4 heteroatoms. The van der Waals surface area contributed by atoms with Gasteiger partial charge in [0.25, 0.3) is 0 Å². The first kappa shape index (κ1) is 13.5. The van der Waals surface area contributed by atoms with Gasteiger partial charge in [0.1, 0.15) is 4.60 Å². The summed E-state index contributed by atoms with van der Waals surface area (Å²) in [5.74, 6) is 0.689. The van der Waals surface area contributed by atoms with Crippen LogP contribution in [-0.2, 0) is 4.79 Å². The predicted octanol–water partition coefficient (Wildman–Crippen LogP) is 4.06. The van der Waals surface area contributed by atoms with Crippen LogP contribution >= 0.6 is 15.9 Å². The van der Waals surface area contributed by atoms with Gasteiger partial charge < -0.3 is 5.32 Å². The summed E-state index contributed by atoms with van der Waals surface area (Å²) in [4.78, 5) is 16.1. The molecule has 0 aromatic carbocycles. The Morgan fingerprint density at radius 2 is 2.17 bits per heavy atom. The number of anilines is 1. The van der Waals surface area contributed by atoms with E-state index in [1.807, 2.05) is 13.0 Å². The summed E-state index contributed by atoms with van der Waals surface area (Å²) in [6.45, 7) is 1.97. The summed E-state index contributed by atoms with van der Waals surface area (Å²) in [7, 11) is 0. The highest BCUT2D eigenvalue weighted by atomic mass is 79.9. The van der Waals surface area contributed by atoms with E-state index in [0.29, 0.717) is 12.3 Å². The molecule has 1 heterocycles. The number of nitrogens with zero attached hydrogens (tertiary/aromatic N) is 1. The monoisotopic (exact) mass is 310 g/mol. The molecule has 0 bridgehead atoms. The molecule has 1 fully saturated rings. The van der Waals surface area contributed by atoms with E-state index in [-0.39, 0.29) is 5.91 Å². The van der Waals surface area contributed by atoms with Crippen LogP contribution in [0.1, 0.15) is 44.1 Å². The molecule has 1 aliphatic carbocycles. The number of amides is 1. The number of halogens is 1. The van der Waals surface area contributed by atoms with Crippen LogP contribution in [0.3, 0.4) is 0 Å². The summed E-state index contributed by atoms with van der Waals surface area (Å²) in [5.41, 5.74) is 1.82. The van der Waals surface area contributed by atoms with Crippen LogP contribution in [-0.4, -0.2) is 10.9 Å². The van der Waals surface area contributed by atoms with Crippen LogP contribution in [0.5, 0.6) is 0 Å². The van der Waals surface area contributed by atoms with Crippen molar-refractivity contribution >= 4 is 27.5 Å². The van der Waals surface area contributed by atoms with Gasteiger partial charge in [-0.2, -0.15) is 0 Å².